The van der Waals surface area contributed by atoms with Crippen molar-refractivity contribution in [3.05, 3.63) is 24.3 Å². The van der Waals surface area contributed by atoms with Crippen molar-refractivity contribution in [1.29, 1.82) is 0 Å². The Bertz CT molecular complexity index is 329. The standard InChI is InChI=1S/C8H10BNO4/c10-8(11)5-14-7-3-1-2-6(4-7)9(12)13/h1-4,12-13H,5H2,(H2,10,11). The van der Waals surface area contributed by atoms with Crippen molar-refractivity contribution < 1.29 is 19.6 Å². The topological polar surface area (TPSA) is 92.8 Å². The number of nitrogens with two attached hydrogens (primary N) is 1. The molecule has 0 atom stereocenters. The van der Waals surface area contributed by atoms with Gasteiger partial charge in [-0.3, -0.25) is 4.79 Å². The number of primary amides is 1. The molecule has 5 nitrogen and oxygen atoms in total. The van der Waals surface area contributed by atoms with Crippen molar-refractivity contribution in [3.8, 4) is 5.75 Å². The van der Waals surface area contributed by atoms with E-state index in [0.717, 1.165) is 0 Å². The number of carbonyl (C=O) groups excluding carboxylic acids is 1. The Morgan fingerprint density at radius 1 is 1.50 bits per heavy atom. The zero-order valence-electron chi connectivity index (χ0n) is 7.38. The second-order valence-corrected chi connectivity index (χ2v) is 2.70. The van der Waals surface area contributed by atoms with Crippen molar-refractivity contribution in [2.75, 3.05) is 6.61 Å². The highest BCUT2D eigenvalue weighted by atomic mass is 16.5. The molecule has 0 unspecified atom stereocenters. The number of amides is 1. The van der Waals surface area contributed by atoms with Gasteiger partial charge in [0.1, 0.15) is 5.75 Å². The monoisotopic (exact) mass is 195 g/mol. The maximum Gasteiger partial charge on any atom is 0.488 e. The first-order chi connectivity index (χ1) is 6.59. The van der Waals surface area contributed by atoms with Crippen LogP contribution in [-0.4, -0.2) is 29.7 Å². The van der Waals surface area contributed by atoms with Crippen molar-refractivity contribution >= 4 is 18.5 Å². The van der Waals surface area contributed by atoms with Crippen molar-refractivity contribution in [3.63, 3.8) is 0 Å². The van der Waals surface area contributed by atoms with Crippen LogP contribution in [0.1, 0.15) is 0 Å². The van der Waals surface area contributed by atoms with E-state index in [-0.39, 0.29) is 6.61 Å². The Labute approximate surface area is 81.3 Å². The van der Waals surface area contributed by atoms with Gasteiger partial charge in [0.15, 0.2) is 6.61 Å². The van der Waals surface area contributed by atoms with E-state index in [9.17, 15) is 4.79 Å². The molecule has 0 heterocycles. The highest BCUT2D eigenvalue weighted by Gasteiger charge is 2.11. The fourth-order valence-electron chi connectivity index (χ4n) is 0.919. The van der Waals surface area contributed by atoms with Gasteiger partial charge in [0.2, 0.25) is 0 Å². The van der Waals surface area contributed by atoms with Gasteiger partial charge >= 0.3 is 7.12 Å². The van der Waals surface area contributed by atoms with E-state index in [2.05, 4.69) is 0 Å². The molecule has 6 heteroatoms. The number of ether oxygens (including phenoxy) is 1. The predicted molar refractivity (Wildman–Crippen MR) is 51.0 cm³/mol. The van der Waals surface area contributed by atoms with E-state index in [0.29, 0.717) is 11.2 Å². The molecule has 14 heavy (non-hydrogen) atoms. The van der Waals surface area contributed by atoms with Crippen LogP contribution >= 0.6 is 0 Å². The molecule has 0 bridgehead atoms. The Hall–Kier alpha value is -1.53. The summed E-state index contributed by atoms with van der Waals surface area (Å²) in [4.78, 5) is 10.4. The zero-order valence-corrected chi connectivity index (χ0v) is 7.38. The fraction of sp³-hybridized carbons (Fsp3) is 0.125. The summed E-state index contributed by atoms with van der Waals surface area (Å²) in [6.07, 6.45) is 0. The van der Waals surface area contributed by atoms with Gasteiger partial charge < -0.3 is 20.5 Å². The number of benzene rings is 1. The molecule has 0 spiro atoms. The Morgan fingerprint density at radius 3 is 2.79 bits per heavy atom. The van der Waals surface area contributed by atoms with Crippen molar-refractivity contribution in [2.45, 2.75) is 0 Å². The Kier molecular flexibility index (Phi) is 3.50. The second kappa shape index (κ2) is 4.64. The largest absolute Gasteiger partial charge is 0.488 e. The first-order valence-corrected chi connectivity index (χ1v) is 3.97. The summed E-state index contributed by atoms with van der Waals surface area (Å²) in [5.41, 5.74) is 5.17. The van der Waals surface area contributed by atoms with Crippen LogP contribution in [0.5, 0.6) is 5.75 Å². The smallest absolute Gasteiger partial charge is 0.484 e. The predicted octanol–water partition coefficient (Wildman–Crippen LogP) is -1.77. The Balaban J connectivity index is 2.68. The molecule has 1 amide bonds. The number of hydrogen-bond acceptors (Lipinski definition) is 4. The van der Waals surface area contributed by atoms with E-state index < -0.39 is 13.0 Å². The molecule has 0 saturated carbocycles. The summed E-state index contributed by atoms with van der Waals surface area (Å²) in [5, 5.41) is 17.7. The number of hydrogen-bond donors (Lipinski definition) is 3. The van der Waals surface area contributed by atoms with Gasteiger partial charge in [0.05, 0.1) is 0 Å². The molecular weight excluding hydrogens is 185 g/mol. The normalized spacial score (nSPS) is 9.57. The highest BCUT2D eigenvalue weighted by molar-refractivity contribution is 6.58. The maximum atomic E-state index is 10.4. The van der Waals surface area contributed by atoms with E-state index in [1.54, 1.807) is 12.1 Å². The summed E-state index contributed by atoms with van der Waals surface area (Å²) in [5.74, 6) is -0.214. The maximum absolute atomic E-state index is 10.4. The van der Waals surface area contributed by atoms with Crippen LogP contribution in [0.2, 0.25) is 0 Å². The fourth-order valence-corrected chi connectivity index (χ4v) is 0.919. The summed E-state index contributed by atoms with van der Waals surface area (Å²) < 4.78 is 4.96. The molecule has 1 aromatic carbocycles. The molecule has 1 rings (SSSR count). The minimum Gasteiger partial charge on any atom is -0.484 e. The summed E-state index contributed by atoms with van der Waals surface area (Å²) >= 11 is 0. The lowest BCUT2D eigenvalue weighted by Crippen LogP contribution is -2.29. The molecule has 0 fully saturated rings. The Morgan fingerprint density at radius 2 is 2.21 bits per heavy atom. The van der Waals surface area contributed by atoms with Gasteiger partial charge in [-0.1, -0.05) is 12.1 Å². The van der Waals surface area contributed by atoms with Crippen LogP contribution < -0.4 is 15.9 Å². The lowest BCUT2D eigenvalue weighted by Gasteiger charge is -2.05. The minimum atomic E-state index is -1.55. The molecule has 0 saturated heterocycles. The van der Waals surface area contributed by atoms with Gasteiger partial charge in [-0.25, -0.2) is 0 Å². The van der Waals surface area contributed by atoms with E-state index in [1.807, 2.05) is 0 Å². The van der Waals surface area contributed by atoms with Gasteiger partial charge in [-0.05, 0) is 17.6 Å². The van der Waals surface area contributed by atoms with Crippen molar-refractivity contribution in [2.24, 2.45) is 5.73 Å². The van der Waals surface area contributed by atoms with E-state index >= 15 is 0 Å². The van der Waals surface area contributed by atoms with E-state index in [4.69, 9.17) is 20.5 Å². The van der Waals surface area contributed by atoms with Crippen molar-refractivity contribution in [1.82, 2.24) is 0 Å². The van der Waals surface area contributed by atoms with Crippen LogP contribution in [0.3, 0.4) is 0 Å². The lowest BCUT2D eigenvalue weighted by molar-refractivity contribution is -0.119. The first kappa shape index (κ1) is 10.6. The highest BCUT2D eigenvalue weighted by Crippen LogP contribution is 2.06. The van der Waals surface area contributed by atoms with Crippen LogP contribution in [0.25, 0.3) is 0 Å². The average Bonchev–Trinajstić information content (AvgIpc) is 2.15. The summed E-state index contributed by atoms with van der Waals surface area (Å²) in [6.45, 7) is -0.231. The van der Waals surface area contributed by atoms with Crippen LogP contribution in [0.4, 0.5) is 0 Å². The van der Waals surface area contributed by atoms with Crippen LogP contribution in [-0.2, 0) is 4.79 Å². The summed E-state index contributed by atoms with van der Waals surface area (Å²) in [6, 6.07) is 6.13. The summed E-state index contributed by atoms with van der Waals surface area (Å²) in [7, 11) is -1.55. The third-order valence-corrected chi connectivity index (χ3v) is 1.54. The van der Waals surface area contributed by atoms with Gasteiger partial charge in [0, 0.05) is 0 Å². The molecule has 0 aliphatic rings. The molecule has 4 N–H and O–H groups in total. The average molecular weight is 195 g/mol. The number of rotatable bonds is 4. The molecule has 0 radical (unpaired) electrons. The molecule has 0 aromatic heterocycles. The third-order valence-electron chi connectivity index (χ3n) is 1.54. The first-order valence-electron chi connectivity index (χ1n) is 3.97. The minimum absolute atomic E-state index is 0.231. The second-order valence-electron chi connectivity index (χ2n) is 2.70. The van der Waals surface area contributed by atoms with Gasteiger partial charge in [-0.2, -0.15) is 0 Å². The van der Waals surface area contributed by atoms with E-state index in [1.165, 1.54) is 12.1 Å². The zero-order chi connectivity index (χ0) is 10.6. The molecule has 0 aliphatic carbocycles. The SMILES string of the molecule is NC(=O)COc1cccc(B(O)O)c1. The quantitative estimate of drug-likeness (QED) is 0.495. The lowest BCUT2D eigenvalue weighted by atomic mass is 9.80. The molecular formula is C8H10BNO4. The van der Waals surface area contributed by atoms with Gasteiger partial charge in [0.25, 0.3) is 5.91 Å². The molecule has 1 aromatic rings. The molecule has 74 valence electrons. The molecule has 0 aliphatic heterocycles. The van der Waals surface area contributed by atoms with Crippen LogP contribution in [0.15, 0.2) is 24.3 Å². The van der Waals surface area contributed by atoms with Gasteiger partial charge in [-0.15, -0.1) is 0 Å². The van der Waals surface area contributed by atoms with Crippen LogP contribution in [0, 0.1) is 0 Å². The number of carbonyl (C=O) groups is 1. The third kappa shape index (κ3) is 3.08.